The summed E-state index contributed by atoms with van der Waals surface area (Å²) >= 11 is 1.49. The average molecular weight is 443 g/mol. The van der Waals surface area contributed by atoms with Crippen LogP contribution in [0.1, 0.15) is 105 Å². The lowest BCUT2D eigenvalue weighted by atomic mass is 9.80. The molecule has 0 atom stereocenters. The van der Waals surface area contributed by atoms with Crippen LogP contribution < -0.4 is 0 Å². The summed E-state index contributed by atoms with van der Waals surface area (Å²) in [5, 5.41) is 22.3. The van der Waals surface area contributed by atoms with E-state index >= 15 is 0 Å². The lowest BCUT2D eigenvalue weighted by Crippen LogP contribution is -2.18. The summed E-state index contributed by atoms with van der Waals surface area (Å²) in [6, 6.07) is 8.21. The second-order valence-corrected chi connectivity index (χ2v) is 13.9. The highest BCUT2D eigenvalue weighted by atomic mass is 32.2. The Morgan fingerprint density at radius 1 is 0.484 bits per heavy atom. The highest BCUT2D eigenvalue weighted by Gasteiger charge is 2.30. The van der Waals surface area contributed by atoms with Gasteiger partial charge in [0.05, 0.1) is 9.79 Å². The first-order valence-corrected chi connectivity index (χ1v) is 12.0. The summed E-state index contributed by atoms with van der Waals surface area (Å²) in [7, 11) is 0. The Bertz CT molecular complexity index is 879. The molecule has 3 heteroatoms. The predicted molar refractivity (Wildman–Crippen MR) is 135 cm³/mol. The fourth-order valence-electron chi connectivity index (χ4n) is 3.52. The minimum atomic E-state index is -0.149. The molecule has 2 N–H and O–H groups in total. The molecular weight excluding hydrogens is 400 g/mol. The van der Waals surface area contributed by atoms with E-state index in [2.05, 4.69) is 95.2 Å². The molecule has 172 valence electrons. The van der Waals surface area contributed by atoms with Gasteiger partial charge < -0.3 is 10.2 Å². The van der Waals surface area contributed by atoms with Gasteiger partial charge in [-0.05, 0) is 56.0 Å². The van der Waals surface area contributed by atoms with E-state index in [4.69, 9.17) is 0 Å². The number of rotatable bonds is 2. The Balaban J connectivity index is 2.79. The van der Waals surface area contributed by atoms with Crippen molar-refractivity contribution in [2.75, 3.05) is 0 Å². The Hall–Kier alpha value is -1.61. The van der Waals surface area contributed by atoms with Gasteiger partial charge in [0.2, 0.25) is 0 Å². The van der Waals surface area contributed by atoms with E-state index in [1.54, 1.807) is 0 Å². The summed E-state index contributed by atoms with van der Waals surface area (Å²) in [6.45, 7) is 26.0. The minimum absolute atomic E-state index is 0.0618. The maximum atomic E-state index is 11.1. The van der Waals surface area contributed by atoms with Crippen LogP contribution >= 0.6 is 11.8 Å². The summed E-state index contributed by atoms with van der Waals surface area (Å²) in [6.07, 6.45) is 0. The zero-order valence-corrected chi connectivity index (χ0v) is 22.4. The first-order valence-electron chi connectivity index (χ1n) is 11.2. The first-order chi connectivity index (χ1) is 13.7. The number of hydrogen-bond acceptors (Lipinski definition) is 3. The molecule has 2 nitrogen and oxygen atoms in total. The lowest BCUT2D eigenvalue weighted by molar-refractivity contribution is 0.445. The van der Waals surface area contributed by atoms with Gasteiger partial charge in [-0.15, -0.1) is 0 Å². The van der Waals surface area contributed by atoms with Crippen LogP contribution in [-0.2, 0) is 21.7 Å². The van der Waals surface area contributed by atoms with Crippen molar-refractivity contribution in [3.05, 3.63) is 46.5 Å². The van der Waals surface area contributed by atoms with Gasteiger partial charge in [-0.3, -0.25) is 0 Å². The Morgan fingerprint density at radius 2 is 0.774 bits per heavy atom. The molecule has 0 radical (unpaired) electrons. The van der Waals surface area contributed by atoms with Gasteiger partial charge in [-0.1, -0.05) is 107 Å². The second-order valence-electron chi connectivity index (χ2n) is 12.8. The van der Waals surface area contributed by atoms with Gasteiger partial charge in [-0.25, -0.2) is 0 Å². The number of aromatic hydroxyl groups is 2. The van der Waals surface area contributed by atoms with Crippen LogP contribution in [0.15, 0.2) is 34.1 Å². The molecule has 0 bridgehead atoms. The molecule has 0 aliphatic carbocycles. The molecule has 0 spiro atoms. The maximum absolute atomic E-state index is 11.1. The normalized spacial score (nSPS) is 13.5. The summed E-state index contributed by atoms with van der Waals surface area (Å²) in [5.41, 5.74) is 4.00. The fourth-order valence-corrected chi connectivity index (χ4v) is 5.01. The fraction of sp³-hybridized carbons (Fsp3) is 0.571. The second kappa shape index (κ2) is 8.06. The third-order valence-corrected chi connectivity index (χ3v) is 6.96. The highest BCUT2D eigenvalue weighted by Crippen LogP contribution is 2.50. The molecule has 0 saturated heterocycles. The van der Waals surface area contributed by atoms with Gasteiger partial charge in [0.25, 0.3) is 0 Å². The lowest BCUT2D eigenvalue weighted by Gasteiger charge is -2.30. The predicted octanol–water partition coefficient (Wildman–Crippen LogP) is 8.44. The van der Waals surface area contributed by atoms with E-state index in [1.165, 1.54) is 11.8 Å². The maximum Gasteiger partial charge on any atom is 0.130 e. The number of benzene rings is 2. The van der Waals surface area contributed by atoms with Crippen molar-refractivity contribution >= 4 is 11.8 Å². The van der Waals surface area contributed by atoms with Crippen LogP contribution in [0, 0.1) is 0 Å². The number of phenolic OH excluding ortho intramolecular Hbond substituents is 2. The van der Waals surface area contributed by atoms with Gasteiger partial charge in [0.1, 0.15) is 11.5 Å². The molecule has 0 saturated carbocycles. The van der Waals surface area contributed by atoms with Crippen molar-refractivity contribution in [3.8, 4) is 11.5 Å². The monoisotopic (exact) mass is 442 g/mol. The molecule has 0 unspecified atom stereocenters. The van der Waals surface area contributed by atoms with Gasteiger partial charge >= 0.3 is 0 Å². The standard InChI is InChI=1S/C28H42O2S/c1-25(2,3)17-13-19(27(7,8)9)23(21(29)15-17)31-24-20(28(10,11)12)14-18(16-22(24)30)26(4,5)6/h13-16,29-30H,1-12H3. The van der Waals surface area contributed by atoms with Gasteiger partial charge in [-0.2, -0.15) is 0 Å². The molecule has 0 aliphatic heterocycles. The van der Waals surface area contributed by atoms with Crippen LogP contribution in [0.25, 0.3) is 0 Å². The Labute approximate surface area is 194 Å². The molecule has 0 amide bonds. The van der Waals surface area contributed by atoms with Crippen molar-refractivity contribution in [3.63, 3.8) is 0 Å². The van der Waals surface area contributed by atoms with Crippen LogP contribution in [-0.4, -0.2) is 10.2 Å². The van der Waals surface area contributed by atoms with Crippen LogP contribution in [0.4, 0.5) is 0 Å². The van der Waals surface area contributed by atoms with E-state index in [1.807, 2.05) is 12.1 Å². The van der Waals surface area contributed by atoms with Crippen molar-refractivity contribution < 1.29 is 10.2 Å². The highest BCUT2D eigenvalue weighted by molar-refractivity contribution is 7.99. The van der Waals surface area contributed by atoms with Crippen molar-refractivity contribution in [2.45, 2.75) is 115 Å². The molecule has 2 aromatic carbocycles. The zero-order chi connectivity index (χ0) is 24.2. The first kappa shape index (κ1) is 25.6. The molecule has 0 aromatic heterocycles. The summed E-state index contributed by atoms with van der Waals surface area (Å²) in [4.78, 5) is 1.65. The van der Waals surface area contributed by atoms with E-state index < -0.39 is 0 Å². The van der Waals surface area contributed by atoms with Crippen LogP contribution in [0.5, 0.6) is 11.5 Å². The smallest absolute Gasteiger partial charge is 0.130 e. The van der Waals surface area contributed by atoms with E-state index in [0.29, 0.717) is 0 Å². The van der Waals surface area contributed by atoms with Gasteiger partial charge in [0, 0.05) is 0 Å². The van der Waals surface area contributed by atoms with Crippen LogP contribution in [0.2, 0.25) is 0 Å². The van der Waals surface area contributed by atoms with Crippen molar-refractivity contribution in [1.82, 2.24) is 0 Å². The van der Waals surface area contributed by atoms with Gasteiger partial charge in [0.15, 0.2) is 0 Å². The molecule has 2 rings (SSSR count). The molecule has 2 aromatic rings. The Morgan fingerprint density at radius 3 is 1.00 bits per heavy atom. The van der Waals surface area contributed by atoms with E-state index in [9.17, 15) is 10.2 Å². The average Bonchev–Trinajstić information content (AvgIpc) is 2.53. The topological polar surface area (TPSA) is 40.5 Å². The molecule has 31 heavy (non-hydrogen) atoms. The SMILES string of the molecule is CC(C)(C)c1cc(O)c(Sc2c(O)cc(C(C)(C)C)cc2C(C)(C)C)c(C(C)(C)C)c1. The molecule has 0 fully saturated rings. The third kappa shape index (κ3) is 5.80. The summed E-state index contributed by atoms with van der Waals surface area (Å²) < 4.78 is 0. The van der Waals surface area contributed by atoms with Crippen molar-refractivity contribution in [2.24, 2.45) is 0 Å². The minimum Gasteiger partial charge on any atom is -0.507 e. The Kier molecular flexibility index (Phi) is 6.67. The number of phenols is 2. The van der Waals surface area contributed by atoms with Crippen molar-refractivity contribution in [1.29, 1.82) is 0 Å². The van der Waals surface area contributed by atoms with E-state index in [0.717, 1.165) is 32.0 Å². The molecule has 0 heterocycles. The zero-order valence-electron chi connectivity index (χ0n) is 21.6. The van der Waals surface area contributed by atoms with Crippen LogP contribution in [0.3, 0.4) is 0 Å². The summed E-state index contributed by atoms with van der Waals surface area (Å²) in [5.74, 6) is 0.558. The third-order valence-electron chi connectivity index (χ3n) is 5.69. The quantitative estimate of drug-likeness (QED) is 0.490. The van der Waals surface area contributed by atoms with E-state index in [-0.39, 0.29) is 33.2 Å². The largest absolute Gasteiger partial charge is 0.507 e. The molecule has 0 aliphatic rings. The molecular formula is C28H42O2S. The number of hydrogen-bond donors (Lipinski definition) is 2.